The minimum absolute atomic E-state index is 0.455. The molecular formula is C28H17Cl2N3OS. The summed E-state index contributed by atoms with van der Waals surface area (Å²) in [6.07, 6.45) is 7.01. The predicted molar refractivity (Wildman–Crippen MR) is 144 cm³/mol. The Morgan fingerprint density at radius 1 is 0.857 bits per heavy atom. The minimum Gasteiger partial charge on any atom is -0.456 e. The van der Waals surface area contributed by atoms with Crippen molar-refractivity contribution in [2.24, 2.45) is 0 Å². The molecule has 170 valence electrons. The van der Waals surface area contributed by atoms with Gasteiger partial charge in [-0.2, -0.15) is 0 Å². The first kappa shape index (κ1) is 23.1. The number of rotatable bonds is 6. The normalized spacial score (nSPS) is 10.7. The second kappa shape index (κ2) is 10.3. The van der Waals surface area contributed by atoms with Gasteiger partial charge in [0.25, 0.3) is 0 Å². The molecule has 1 aromatic heterocycles. The highest BCUT2D eigenvalue weighted by Gasteiger charge is 2.11. The van der Waals surface area contributed by atoms with Crippen molar-refractivity contribution in [3.8, 4) is 23.8 Å². The fraction of sp³-hybridized carbons (Fsp3) is 0. The van der Waals surface area contributed by atoms with Gasteiger partial charge in [-0.05, 0) is 78.9 Å². The Morgan fingerprint density at radius 3 is 2.34 bits per heavy atom. The lowest BCUT2D eigenvalue weighted by molar-refractivity contribution is 0.483. The zero-order valence-corrected chi connectivity index (χ0v) is 20.5. The number of nitrogens with one attached hydrogen (secondary N) is 1. The number of fused-ring (bicyclic) bond motifs is 1. The Kier molecular flexibility index (Phi) is 6.78. The van der Waals surface area contributed by atoms with Gasteiger partial charge in [0.05, 0.1) is 10.5 Å². The van der Waals surface area contributed by atoms with Crippen LogP contribution in [0.4, 0.5) is 11.5 Å². The van der Waals surface area contributed by atoms with Crippen LogP contribution in [0.25, 0.3) is 10.9 Å². The summed E-state index contributed by atoms with van der Waals surface area (Å²) in [5.41, 5.74) is 2.30. The third-order valence-corrected chi connectivity index (χ3v) is 6.64. The number of hydrogen-bond donors (Lipinski definition) is 1. The number of terminal acetylenes is 1. The first-order chi connectivity index (χ1) is 17.1. The van der Waals surface area contributed by atoms with E-state index in [4.69, 9.17) is 34.4 Å². The maximum atomic E-state index is 6.51. The van der Waals surface area contributed by atoms with E-state index < -0.39 is 0 Å². The monoisotopic (exact) mass is 513 g/mol. The predicted octanol–water partition coefficient (Wildman–Crippen LogP) is 8.60. The third kappa shape index (κ3) is 5.52. The molecule has 0 saturated carbocycles. The molecule has 0 unspecified atom stereocenters. The highest BCUT2D eigenvalue weighted by molar-refractivity contribution is 7.99. The number of nitrogens with zero attached hydrogens (tertiary/aromatic N) is 2. The smallest absolute Gasteiger partial charge is 0.146 e. The molecule has 0 radical (unpaired) electrons. The Balaban J connectivity index is 1.39. The van der Waals surface area contributed by atoms with Gasteiger partial charge >= 0.3 is 0 Å². The van der Waals surface area contributed by atoms with Crippen molar-refractivity contribution in [2.45, 2.75) is 9.79 Å². The number of benzene rings is 4. The van der Waals surface area contributed by atoms with Crippen LogP contribution in [0.5, 0.6) is 11.5 Å². The molecule has 0 fully saturated rings. The van der Waals surface area contributed by atoms with E-state index in [-0.39, 0.29) is 0 Å². The number of ether oxygens (including phenoxy) is 1. The summed E-state index contributed by atoms with van der Waals surface area (Å²) < 4.78 is 6.11. The lowest BCUT2D eigenvalue weighted by Gasteiger charge is -2.12. The van der Waals surface area contributed by atoms with Crippen LogP contribution in [0.15, 0.2) is 101 Å². The van der Waals surface area contributed by atoms with E-state index in [2.05, 4.69) is 21.2 Å². The summed E-state index contributed by atoms with van der Waals surface area (Å²) >= 11 is 14.1. The van der Waals surface area contributed by atoms with Crippen LogP contribution in [0.2, 0.25) is 10.0 Å². The SMILES string of the molecule is C#Cc1cccc(Nc2ncnc3cc(Cl)c(Oc4ccc(Sc5ccc(Cl)cc5)cc4)cc23)c1. The summed E-state index contributed by atoms with van der Waals surface area (Å²) in [5, 5.41) is 5.25. The van der Waals surface area contributed by atoms with Crippen molar-refractivity contribution in [3.05, 3.63) is 107 Å². The van der Waals surface area contributed by atoms with Gasteiger partial charge in [-0.25, -0.2) is 9.97 Å². The number of halogens is 2. The molecule has 0 spiro atoms. The van der Waals surface area contributed by atoms with Crippen LogP contribution in [-0.4, -0.2) is 9.97 Å². The topological polar surface area (TPSA) is 47.0 Å². The Hall–Kier alpha value is -3.69. The molecule has 4 aromatic carbocycles. The second-order valence-corrected chi connectivity index (χ2v) is 9.49. The molecule has 0 amide bonds. The first-order valence-corrected chi connectivity index (χ1v) is 12.1. The van der Waals surface area contributed by atoms with Gasteiger partial charge in [0.1, 0.15) is 23.6 Å². The van der Waals surface area contributed by atoms with Crippen LogP contribution < -0.4 is 10.1 Å². The zero-order chi connectivity index (χ0) is 24.2. The fourth-order valence-electron chi connectivity index (χ4n) is 3.40. The van der Waals surface area contributed by atoms with Crippen molar-refractivity contribution < 1.29 is 4.74 Å². The summed E-state index contributed by atoms with van der Waals surface area (Å²) in [4.78, 5) is 10.9. The van der Waals surface area contributed by atoms with Crippen LogP contribution >= 0.6 is 35.0 Å². The average molecular weight is 514 g/mol. The summed E-state index contributed by atoms with van der Waals surface area (Å²) in [5.74, 6) is 4.44. The van der Waals surface area contributed by atoms with Crippen molar-refractivity contribution >= 4 is 57.4 Å². The van der Waals surface area contributed by atoms with E-state index in [9.17, 15) is 0 Å². The molecule has 0 aliphatic heterocycles. The lowest BCUT2D eigenvalue weighted by atomic mass is 10.2. The highest BCUT2D eigenvalue weighted by atomic mass is 35.5. The fourth-order valence-corrected chi connectivity index (χ4v) is 4.54. The van der Waals surface area contributed by atoms with Gasteiger partial charge in [0.15, 0.2) is 0 Å². The van der Waals surface area contributed by atoms with Crippen molar-refractivity contribution in [2.75, 3.05) is 5.32 Å². The molecule has 5 aromatic rings. The Morgan fingerprint density at radius 2 is 1.60 bits per heavy atom. The van der Waals surface area contributed by atoms with Gasteiger partial charge in [-0.15, -0.1) is 6.42 Å². The largest absolute Gasteiger partial charge is 0.456 e. The molecule has 35 heavy (non-hydrogen) atoms. The van der Waals surface area contributed by atoms with Gasteiger partial charge < -0.3 is 10.1 Å². The van der Waals surface area contributed by atoms with Crippen LogP contribution in [-0.2, 0) is 0 Å². The maximum Gasteiger partial charge on any atom is 0.146 e. The zero-order valence-electron chi connectivity index (χ0n) is 18.2. The number of anilines is 2. The van der Waals surface area contributed by atoms with E-state index in [1.54, 1.807) is 17.8 Å². The van der Waals surface area contributed by atoms with E-state index >= 15 is 0 Å². The van der Waals surface area contributed by atoms with Gasteiger partial charge in [0, 0.05) is 31.5 Å². The number of hydrogen-bond acceptors (Lipinski definition) is 5. The first-order valence-electron chi connectivity index (χ1n) is 10.6. The van der Waals surface area contributed by atoms with Gasteiger partial charge in [-0.1, -0.05) is 47.0 Å². The molecule has 0 saturated heterocycles. The molecule has 4 nitrogen and oxygen atoms in total. The summed E-state index contributed by atoms with van der Waals surface area (Å²) in [6, 6.07) is 26.7. The molecule has 0 aliphatic rings. The van der Waals surface area contributed by atoms with E-state index in [0.717, 1.165) is 31.5 Å². The van der Waals surface area contributed by atoms with Crippen molar-refractivity contribution in [1.29, 1.82) is 0 Å². The van der Waals surface area contributed by atoms with Crippen LogP contribution in [0.3, 0.4) is 0 Å². The highest BCUT2D eigenvalue weighted by Crippen LogP contribution is 2.36. The average Bonchev–Trinajstić information content (AvgIpc) is 2.87. The van der Waals surface area contributed by atoms with Crippen LogP contribution in [0, 0.1) is 12.3 Å². The van der Waals surface area contributed by atoms with E-state index in [0.29, 0.717) is 27.9 Å². The van der Waals surface area contributed by atoms with Gasteiger partial charge in [-0.3, -0.25) is 0 Å². The quantitative estimate of drug-likeness (QED) is 0.230. The molecular weight excluding hydrogens is 497 g/mol. The Bertz CT molecular complexity index is 1550. The molecule has 1 heterocycles. The maximum absolute atomic E-state index is 6.51. The molecule has 0 aliphatic carbocycles. The summed E-state index contributed by atoms with van der Waals surface area (Å²) in [7, 11) is 0. The molecule has 1 N–H and O–H groups in total. The van der Waals surface area contributed by atoms with E-state index in [1.165, 1.54) is 6.33 Å². The molecule has 7 heteroatoms. The lowest BCUT2D eigenvalue weighted by Crippen LogP contribution is -1.97. The Labute approximate surface area is 217 Å². The van der Waals surface area contributed by atoms with Crippen molar-refractivity contribution in [1.82, 2.24) is 9.97 Å². The van der Waals surface area contributed by atoms with E-state index in [1.807, 2.05) is 78.9 Å². The minimum atomic E-state index is 0.455. The molecule has 5 rings (SSSR count). The standard InChI is InChI=1S/C28H17Cl2N3OS/c1-2-18-4-3-5-20(14-18)33-28-24-15-27(25(30)16-26(24)31-17-32-28)34-21-8-12-23(13-9-21)35-22-10-6-19(29)7-11-22/h1,3-17H,(H,31,32,33). The summed E-state index contributed by atoms with van der Waals surface area (Å²) in [6.45, 7) is 0. The van der Waals surface area contributed by atoms with Crippen LogP contribution in [0.1, 0.15) is 5.56 Å². The second-order valence-electron chi connectivity index (χ2n) is 7.50. The molecule has 0 atom stereocenters. The third-order valence-electron chi connectivity index (χ3n) is 5.08. The van der Waals surface area contributed by atoms with Gasteiger partial charge in [0.2, 0.25) is 0 Å². The van der Waals surface area contributed by atoms with Crippen molar-refractivity contribution in [3.63, 3.8) is 0 Å². The number of aromatic nitrogens is 2. The molecule has 0 bridgehead atoms.